The minimum absolute atomic E-state index is 0.0289. The Labute approximate surface area is 113 Å². The number of carboxylic acids is 2. The summed E-state index contributed by atoms with van der Waals surface area (Å²) in [6.45, 7) is 0. The van der Waals surface area contributed by atoms with E-state index in [4.69, 9.17) is 10.2 Å². The molecule has 0 saturated heterocycles. The van der Waals surface area contributed by atoms with Crippen molar-refractivity contribution >= 4 is 11.9 Å². The summed E-state index contributed by atoms with van der Waals surface area (Å²) in [6.07, 6.45) is 5.35. The van der Waals surface area contributed by atoms with Crippen LogP contribution in [0.15, 0.2) is 30.3 Å². The monoisotopic (exact) mass is 264 g/mol. The lowest BCUT2D eigenvalue weighted by Gasteiger charge is -2.16. The summed E-state index contributed by atoms with van der Waals surface area (Å²) in [5, 5.41) is 16.9. The molecule has 0 amide bonds. The average molecular weight is 264 g/mol. The van der Waals surface area contributed by atoms with E-state index < -0.39 is 11.9 Å². The highest BCUT2D eigenvalue weighted by Crippen LogP contribution is 2.23. The summed E-state index contributed by atoms with van der Waals surface area (Å²) in [5.41, 5.74) is 0.843. The fraction of sp³-hybridized carbons (Fsp3) is 0.467. The second-order valence-electron chi connectivity index (χ2n) is 4.73. The van der Waals surface area contributed by atoms with Crippen LogP contribution in [-0.4, -0.2) is 22.2 Å². The van der Waals surface area contributed by atoms with Gasteiger partial charge >= 0.3 is 11.9 Å². The molecule has 0 radical (unpaired) electrons. The van der Waals surface area contributed by atoms with Crippen LogP contribution in [0.25, 0.3) is 0 Å². The lowest BCUT2D eigenvalue weighted by molar-refractivity contribution is -0.142. The van der Waals surface area contributed by atoms with E-state index in [1.165, 1.54) is 6.42 Å². The van der Waals surface area contributed by atoms with Gasteiger partial charge in [-0.1, -0.05) is 49.6 Å². The average Bonchev–Trinajstić information content (AvgIpc) is 2.41. The summed E-state index contributed by atoms with van der Waals surface area (Å²) in [4.78, 5) is 20.5. The van der Waals surface area contributed by atoms with Gasteiger partial charge in [0.2, 0.25) is 0 Å². The SMILES string of the molecule is O=C(O)C1CCCCC1.O=C(O)Cc1ccccc1. The zero-order valence-corrected chi connectivity index (χ0v) is 10.9. The van der Waals surface area contributed by atoms with Gasteiger partial charge in [0.25, 0.3) is 0 Å². The van der Waals surface area contributed by atoms with Gasteiger partial charge in [-0.15, -0.1) is 0 Å². The van der Waals surface area contributed by atoms with Crippen molar-refractivity contribution in [2.24, 2.45) is 5.92 Å². The zero-order valence-electron chi connectivity index (χ0n) is 10.9. The molecule has 104 valence electrons. The summed E-state index contributed by atoms with van der Waals surface area (Å²) in [7, 11) is 0. The molecule has 2 rings (SSSR count). The van der Waals surface area contributed by atoms with Gasteiger partial charge in [0.1, 0.15) is 0 Å². The second-order valence-corrected chi connectivity index (χ2v) is 4.73. The molecule has 1 aliphatic carbocycles. The molecule has 1 fully saturated rings. The first-order valence-corrected chi connectivity index (χ1v) is 6.58. The van der Waals surface area contributed by atoms with Crippen LogP contribution in [0.3, 0.4) is 0 Å². The van der Waals surface area contributed by atoms with Crippen LogP contribution in [0.4, 0.5) is 0 Å². The maximum Gasteiger partial charge on any atom is 0.307 e. The summed E-state index contributed by atoms with van der Waals surface area (Å²) >= 11 is 0. The number of carbonyl (C=O) groups is 2. The molecule has 0 spiro atoms. The molecular formula is C15H20O4. The number of hydrogen-bond donors (Lipinski definition) is 2. The first kappa shape index (κ1) is 15.2. The second kappa shape index (κ2) is 8.29. The number of carboxylic acid groups (broad SMARTS) is 2. The Balaban J connectivity index is 0.000000191. The minimum atomic E-state index is -0.786. The smallest absolute Gasteiger partial charge is 0.307 e. The van der Waals surface area contributed by atoms with Gasteiger partial charge in [-0.25, -0.2) is 0 Å². The molecular weight excluding hydrogens is 244 g/mol. The largest absolute Gasteiger partial charge is 0.481 e. The Hall–Kier alpha value is -1.84. The van der Waals surface area contributed by atoms with Gasteiger partial charge < -0.3 is 10.2 Å². The molecule has 4 heteroatoms. The summed E-state index contributed by atoms with van der Waals surface area (Å²) in [5.74, 6) is -1.42. The molecule has 1 aromatic carbocycles. The van der Waals surface area contributed by atoms with E-state index >= 15 is 0 Å². The molecule has 0 aromatic heterocycles. The van der Waals surface area contributed by atoms with Gasteiger partial charge in [0.05, 0.1) is 12.3 Å². The van der Waals surface area contributed by atoms with E-state index in [0.29, 0.717) is 0 Å². The van der Waals surface area contributed by atoms with Crippen LogP contribution >= 0.6 is 0 Å². The van der Waals surface area contributed by atoms with Crippen molar-refractivity contribution in [1.82, 2.24) is 0 Å². The Morgan fingerprint density at radius 2 is 1.58 bits per heavy atom. The molecule has 0 bridgehead atoms. The van der Waals surface area contributed by atoms with Gasteiger partial charge in [-0.2, -0.15) is 0 Å². The van der Waals surface area contributed by atoms with E-state index in [1.54, 1.807) is 12.1 Å². The van der Waals surface area contributed by atoms with Crippen molar-refractivity contribution in [3.05, 3.63) is 35.9 Å². The molecule has 2 N–H and O–H groups in total. The molecule has 1 aromatic rings. The molecule has 0 aliphatic heterocycles. The van der Waals surface area contributed by atoms with Crippen molar-refractivity contribution in [3.8, 4) is 0 Å². The zero-order chi connectivity index (χ0) is 14.1. The fourth-order valence-corrected chi connectivity index (χ4v) is 2.12. The first-order chi connectivity index (χ1) is 9.09. The highest BCUT2D eigenvalue weighted by Gasteiger charge is 2.19. The van der Waals surface area contributed by atoms with Crippen LogP contribution in [0, 0.1) is 5.92 Å². The standard InChI is InChI=1S/C8H8O2.C7H12O2/c9-8(10)6-7-4-2-1-3-5-7;8-7(9)6-4-2-1-3-5-6/h1-5H,6H2,(H,9,10);6H,1-5H2,(H,8,9). The van der Waals surface area contributed by atoms with Crippen molar-refractivity contribution in [1.29, 1.82) is 0 Å². The number of benzene rings is 1. The van der Waals surface area contributed by atoms with Crippen molar-refractivity contribution < 1.29 is 19.8 Å². The Morgan fingerprint density at radius 1 is 1.00 bits per heavy atom. The van der Waals surface area contributed by atoms with Crippen LogP contribution in [0.1, 0.15) is 37.7 Å². The molecule has 1 aliphatic rings. The third-order valence-electron chi connectivity index (χ3n) is 3.15. The van der Waals surface area contributed by atoms with E-state index in [-0.39, 0.29) is 12.3 Å². The molecule has 0 atom stereocenters. The van der Waals surface area contributed by atoms with Gasteiger partial charge in [-0.05, 0) is 18.4 Å². The summed E-state index contributed by atoms with van der Waals surface area (Å²) < 4.78 is 0. The first-order valence-electron chi connectivity index (χ1n) is 6.58. The highest BCUT2D eigenvalue weighted by atomic mass is 16.4. The van der Waals surface area contributed by atoms with Crippen molar-refractivity contribution in [2.45, 2.75) is 38.5 Å². The quantitative estimate of drug-likeness (QED) is 0.880. The van der Waals surface area contributed by atoms with Gasteiger partial charge in [0.15, 0.2) is 0 Å². The summed E-state index contributed by atoms with van der Waals surface area (Å²) in [6, 6.07) is 9.13. The van der Waals surface area contributed by atoms with E-state index in [1.807, 2.05) is 18.2 Å². The van der Waals surface area contributed by atoms with Gasteiger partial charge in [-0.3, -0.25) is 9.59 Å². The lowest BCUT2D eigenvalue weighted by atomic mass is 9.90. The third kappa shape index (κ3) is 6.60. The van der Waals surface area contributed by atoms with Gasteiger partial charge in [0, 0.05) is 0 Å². The van der Waals surface area contributed by atoms with E-state index in [2.05, 4.69) is 0 Å². The molecule has 0 unspecified atom stereocenters. The Kier molecular flexibility index (Phi) is 6.64. The number of rotatable bonds is 3. The van der Waals surface area contributed by atoms with Crippen molar-refractivity contribution in [3.63, 3.8) is 0 Å². The highest BCUT2D eigenvalue weighted by molar-refractivity contribution is 5.70. The number of hydrogen-bond acceptors (Lipinski definition) is 2. The maximum absolute atomic E-state index is 10.4. The topological polar surface area (TPSA) is 74.6 Å². The van der Waals surface area contributed by atoms with Crippen LogP contribution in [0.5, 0.6) is 0 Å². The maximum atomic E-state index is 10.4. The number of aliphatic carboxylic acids is 2. The molecule has 4 nitrogen and oxygen atoms in total. The Bertz CT molecular complexity index is 394. The van der Waals surface area contributed by atoms with Crippen LogP contribution in [-0.2, 0) is 16.0 Å². The predicted molar refractivity (Wildman–Crippen MR) is 72.0 cm³/mol. The van der Waals surface area contributed by atoms with Crippen LogP contribution in [0.2, 0.25) is 0 Å². The van der Waals surface area contributed by atoms with Crippen molar-refractivity contribution in [2.75, 3.05) is 0 Å². The third-order valence-corrected chi connectivity index (χ3v) is 3.15. The van der Waals surface area contributed by atoms with Crippen LogP contribution < -0.4 is 0 Å². The molecule has 1 saturated carbocycles. The fourth-order valence-electron chi connectivity index (χ4n) is 2.12. The van der Waals surface area contributed by atoms with E-state index in [9.17, 15) is 9.59 Å². The Morgan fingerprint density at radius 3 is 2.00 bits per heavy atom. The predicted octanol–water partition coefficient (Wildman–Crippen LogP) is 2.97. The normalized spacial score (nSPS) is 15.2. The molecule has 0 heterocycles. The minimum Gasteiger partial charge on any atom is -0.481 e. The lowest BCUT2D eigenvalue weighted by Crippen LogP contribution is -2.16. The molecule has 19 heavy (non-hydrogen) atoms. The van der Waals surface area contributed by atoms with E-state index in [0.717, 1.165) is 31.2 Å².